The van der Waals surface area contributed by atoms with Crippen LogP contribution in [0.5, 0.6) is 0 Å². The van der Waals surface area contributed by atoms with Crippen LogP contribution in [0, 0.1) is 11.3 Å². The van der Waals surface area contributed by atoms with E-state index in [1.807, 2.05) is 6.07 Å². The molecule has 2 N–H and O–H groups in total. The Morgan fingerprint density at radius 1 is 1.27 bits per heavy atom. The molecule has 0 saturated carbocycles. The molecule has 1 aliphatic heterocycles. The first kappa shape index (κ1) is 16.0. The van der Waals surface area contributed by atoms with Gasteiger partial charge in [-0.25, -0.2) is 8.42 Å². The van der Waals surface area contributed by atoms with Gasteiger partial charge in [0, 0.05) is 6.04 Å². The van der Waals surface area contributed by atoms with Crippen LogP contribution in [0.25, 0.3) is 0 Å². The van der Waals surface area contributed by atoms with E-state index in [-0.39, 0.29) is 11.5 Å². The number of hydrogen-bond acceptors (Lipinski definition) is 5. The van der Waals surface area contributed by atoms with E-state index in [0.717, 1.165) is 0 Å². The van der Waals surface area contributed by atoms with Crippen molar-refractivity contribution in [3.63, 3.8) is 0 Å². The van der Waals surface area contributed by atoms with Gasteiger partial charge in [0.05, 0.1) is 22.8 Å². The van der Waals surface area contributed by atoms with E-state index in [9.17, 15) is 18.0 Å². The lowest BCUT2D eigenvalue weighted by Crippen LogP contribution is -2.37. The van der Waals surface area contributed by atoms with Gasteiger partial charge in [-0.15, -0.1) is 0 Å². The Balaban J connectivity index is 1.87. The summed E-state index contributed by atoms with van der Waals surface area (Å²) < 4.78 is 22.6. The van der Waals surface area contributed by atoms with Crippen molar-refractivity contribution in [3.05, 3.63) is 29.8 Å². The lowest BCUT2D eigenvalue weighted by Gasteiger charge is -2.11. The van der Waals surface area contributed by atoms with Crippen LogP contribution in [0.4, 0.5) is 5.69 Å². The standard InChI is InChI=1S/C14H15N3O4S/c15-8-10-3-1-2-4-12(10)17-14(19)7-13(18)16-11-5-6-22(20,21)9-11/h1-4,11H,5-7,9H2,(H,16,18)(H,17,19). The molecule has 1 aromatic rings. The average Bonchev–Trinajstić information content (AvgIpc) is 2.78. The second kappa shape index (κ2) is 6.58. The second-order valence-corrected chi connectivity index (χ2v) is 7.28. The van der Waals surface area contributed by atoms with E-state index < -0.39 is 34.1 Å². The first-order valence-corrected chi connectivity index (χ1v) is 8.50. The summed E-state index contributed by atoms with van der Waals surface area (Å²) >= 11 is 0. The minimum absolute atomic E-state index is 0.0552. The number of carbonyl (C=O) groups is 2. The first-order chi connectivity index (χ1) is 10.4. The van der Waals surface area contributed by atoms with Gasteiger partial charge in [-0.3, -0.25) is 9.59 Å². The Labute approximate surface area is 128 Å². The lowest BCUT2D eigenvalue weighted by atomic mass is 10.2. The van der Waals surface area contributed by atoms with E-state index >= 15 is 0 Å². The molecule has 0 aromatic heterocycles. The summed E-state index contributed by atoms with van der Waals surface area (Å²) in [7, 11) is -3.08. The maximum absolute atomic E-state index is 11.8. The average molecular weight is 321 g/mol. The molecule has 0 bridgehead atoms. The van der Waals surface area contributed by atoms with Crippen LogP contribution < -0.4 is 10.6 Å². The van der Waals surface area contributed by atoms with Gasteiger partial charge < -0.3 is 10.6 Å². The van der Waals surface area contributed by atoms with Gasteiger partial charge in [0.2, 0.25) is 11.8 Å². The number of anilines is 1. The fourth-order valence-electron chi connectivity index (χ4n) is 2.22. The van der Waals surface area contributed by atoms with Crippen molar-refractivity contribution in [1.29, 1.82) is 5.26 Å². The summed E-state index contributed by atoms with van der Waals surface area (Å²) in [5, 5.41) is 13.9. The SMILES string of the molecule is N#Cc1ccccc1NC(=O)CC(=O)NC1CCS(=O)(=O)C1. The van der Waals surface area contributed by atoms with Crippen LogP contribution >= 0.6 is 0 Å². The molecule has 1 atom stereocenters. The molecule has 1 unspecified atom stereocenters. The number of nitrogens with one attached hydrogen (secondary N) is 2. The summed E-state index contributed by atoms with van der Waals surface area (Å²) in [4.78, 5) is 23.5. The van der Waals surface area contributed by atoms with Crippen molar-refractivity contribution in [2.24, 2.45) is 0 Å². The largest absolute Gasteiger partial charge is 0.352 e. The van der Waals surface area contributed by atoms with Crippen LogP contribution in [0.3, 0.4) is 0 Å². The van der Waals surface area contributed by atoms with E-state index in [1.165, 1.54) is 0 Å². The van der Waals surface area contributed by atoms with Crippen molar-refractivity contribution >= 4 is 27.3 Å². The Kier molecular flexibility index (Phi) is 4.78. The van der Waals surface area contributed by atoms with Crippen LogP contribution in [-0.4, -0.2) is 37.8 Å². The van der Waals surface area contributed by atoms with Gasteiger partial charge in [-0.2, -0.15) is 5.26 Å². The van der Waals surface area contributed by atoms with Crippen molar-refractivity contribution in [3.8, 4) is 6.07 Å². The van der Waals surface area contributed by atoms with Gasteiger partial charge in [0.1, 0.15) is 12.5 Å². The number of rotatable bonds is 4. The van der Waals surface area contributed by atoms with Gasteiger partial charge in [0.25, 0.3) is 0 Å². The molecule has 2 amide bonds. The van der Waals surface area contributed by atoms with E-state index in [0.29, 0.717) is 17.7 Å². The van der Waals surface area contributed by atoms with Crippen LogP contribution in [0.2, 0.25) is 0 Å². The normalized spacial score (nSPS) is 19.1. The maximum Gasteiger partial charge on any atom is 0.233 e. The van der Waals surface area contributed by atoms with Gasteiger partial charge in [-0.1, -0.05) is 12.1 Å². The van der Waals surface area contributed by atoms with Gasteiger partial charge in [0.15, 0.2) is 9.84 Å². The molecule has 0 aliphatic carbocycles. The molecule has 8 heteroatoms. The highest BCUT2D eigenvalue weighted by Crippen LogP contribution is 2.14. The number of benzene rings is 1. The Morgan fingerprint density at radius 2 is 2.00 bits per heavy atom. The summed E-state index contributed by atoms with van der Waals surface area (Å²) in [6.45, 7) is 0. The minimum Gasteiger partial charge on any atom is -0.352 e. The fraction of sp³-hybridized carbons (Fsp3) is 0.357. The summed E-state index contributed by atoms with van der Waals surface area (Å²) in [6, 6.07) is 7.96. The van der Waals surface area contributed by atoms with Crippen LogP contribution in [0.15, 0.2) is 24.3 Å². The monoisotopic (exact) mass is 321 g/mol. The summed E-state index contributed by atoms with van der Waals surface area (Å²) in [5.41, 5.74) is 0.643. The van der Waals surface area contributed by atoms with Crippen LogP contribution in [0.1, 0.15) is 18.4 Å². The number of para-hydroxylation sites is 1. The molecule has 116 valence electrons. The molecular formula is C14H15N3O4S. The first-order valence-electron chi connectivity index (χ1n) is 6.68. The smallest absolute Gasteiger partial charge is 0.233 e. The Bertz CT molecular complexity index is 737. The Morgan fingerprint density at radius 3 is 2.64 bits per heavy atom. The molecule has 1 aromatic carbocycles. The van der Waals surface area contributed by atoms with Crippen LogP contribution in [-0.2, 0) is 19.4 Å². The minimum atomic E-state index is -3.08. The van der Waals surface area contributed by atoms with Gasteiger partial charge in [-0.05, 0) is 18.6 Å². The number of nitrogens with zero attached hydrogens (tertiary/aromatic N) is 1. The topological polar surface area (TPSA) is 116 Å². The predicted octanol–water partition coefficient (Wildman–Crippen LogP) is 0.190. The number of nitriles is 1. The molecule has 22 heavy (non-hydrogen) atoms. The molecule has 1 heterocycles. The summed E-state index contributed by atoms with van der Waals surface area (Å²) in [6.07, 6.45) is -0.0523. The fourth-order valence-corrected chi connectivity index (χ4v) is 3.89. The van der Waals surface area contributed by atoms with Crippen molar-refractivity contribution < 1.29 is 18.0 Å². The highest BCUT2D eigenvalue weighted by atomic mass is 32.2. The zero-order chi connectivity index (χ0) is 16.2. The highest BCUT2D eigenvalue weighted by Gasteiger charge is 2.29. The maximum atomic E-state index is 11.8. The van der Waals surface area contributed by atoms with Crippen molar-refractivity contribution in [2.45, 2.75) is 18.9 Å². The Hall–Kier alpha value is -2.40. The quantitative estimate of drug-likeness (QED) is 0.768. The zero-order valence-corrected chi connectivity index (χ0v) is 12.5. The zero-order valence-electron chi connectivity index (χ0n) is 11.7. The number of amides is 2. The molecule has 0 radical (unpaired) electrons. The van der Waals surface area contributed by atoms with E-state index in [2.05, 4.69) is 10.6 Å². The molecular weight excluding hydrogens is 306 g/mol. The predicted molar refractivity (Wildman–Crippen MR) is 79.6 cm³/mol. The number of hydrogen-bond donors (Lipinski definition) is 2. The highest BCUT2D eigenvalue weighted by molar-refractivity contribution is 7.91. The molecule has 1 saturated heterocycles. The third kappa shape index (κ3) is 4.30. The van der Waals surface area contributed by atoms with E-state index in [4.69, 9.17) is 5.26 Å². The molecule has 1 aliphatic rings. The second-order valence-electron chi connectivity index (χ2n) is 5.05. The number of carbonyl (C=O) groups excluding carboxylic acids is 2. The van der Waals surface area contributed by atoms with Crippen molar-refractivity contribution in [1.82, 2.24) is 5.32 Å². The molecule has 0 spiro atoms. The van der Waals surface area contributed by atoms with Crippen molar-refractivity contribution in [2.75, 3.05) is 16.8 Å². The molecule has 1 fully saturated rings. The third-order valence-electron chi connectivity index (χ3n) is 3.24. The molecule has 2 rings (SSSR count). The van der Waals surface area contributed by atoms with Gasteiger partial charge >= 0.3 is 0 Å². The third-order valence-corrected chi connectivity index (χ3v) is 5.01. The lowest BCUT2D eigenvalue weighted by molar-refractivity contribution is -0.127. The summed E-state index contributed by atoms with van der Waals surface area (Å²) in [5.74, 6) is -1.12. The number of sulfone groups is 1. The molecule has 7 nitrogen and oxygen atoms in total. The van der Waals surface area contributed by atoms with E-state index in [1.54, 1.807) is 24.3 Å².